The molecule has 154 valence electrons. The van der Waals surface area contributed by atoms with Gasteiger partial charge in [0.2, 0.25) is 0 Å². The second-order valence-corrected chi connectivity index (χ2v) is 7.28. The molecule has 4 rings (SSSR count). The Balaban J connectivity index is 1.53. The summed E-state index contributed by atoms with van der Waals surface area (Å²) in [6.07, 6.45) is -0.969. The van der Waals surface area contributed by atoms with Crippen LogP contribution in [-0.2, 0) is 9.53 Å². The Morgan fingerprint density at radius 2 is 1.58 bits per heavy atom. The molecule has 1 amide bonds. The van der Waals surface area contributed by atoms with Crippen molar-refractivity contribution in [1.29, 1.82) is 0 Å². The third-order valence-electron chi connectivity index (χ3n) is 4.99. The highest BCUT2D eigenvalue weighted by Gasteiger charge is 2.22. The van der Waals surface area contributed by atoms with Gasteiger partial charge in [-0.3, -0.25) is 9.78 Å². The van der Waals surface area contributed by atoms with Crippen molar-refractivity contribution >= 4 is 28.5 Å². The van der Waals surface area contributed by atoms with Gasteiger partial charge in [0.15, 0.2) is 6.10 Å². The SMILES string of the molecule is Cc1cc(C(=O)O[C@H](C)C(=O)Nc2ccccc2-c2ccccc2)c2ccccc2n1. The van der Waals surface area contributed by atoms with Crippen LogP contribution in [0, 0.1) is 6.92 Å². The number of pyridine rings is 1. The van der Waals surface area contributed by atoms with E-state index in [0.717, 1.165) is 11.1 Å². The Morgan fingerprint density at radius 1 is 0.903 bits per heavy atom. The number of carbonyl (C=O) groups excluding carboxylic acids is 2. The van der Waals surface area contributed by atoms with Crippen molar-refractivity contribution in [2.45, 2.75) is 20.0 Å². The van der Waals surface area contributed by atoms with Crippen LogP contribution in [0.2, 0.25) is 0 Å². The molecule has 1 atom stereocenters. The number of aromatic nitrogens is 1. The summed E-state index contributed by atoms with van der Waals surface area (Å²) in [5, 5.41) is 3.58. The Labute approximate surface area is 180 Å². The zero-order valence-corrected chi connectivity index (χ0v) is 17.3. The minimum Gasteiger partial charge on any atom is -0.449 e. The van der Waals surface area contributed by atoms with Gasteiger partial charge in [-0.05, 0) is 37.6 Å². The van der Waals surface area contributed by atoms with Gasteiger partial charge in [-0.15, -0.1) is 0 Å². The zero-order chi connectivity index (χ0) is 21.8. The summed E-state index contributed by atoms with van der Waals surface area (Å²) in [5.74, 6) is -0.951. The molecule has 3 aromatic carbocycles. The second-order valence-electron chi connectivity index (χ2n) is 7.28. The molecule has 0 aliphatic rings. The summed E-state index contributed by atoms with van der Waals surface area (Å²) in [6.45, 7) is 3.38. The van der Waals surface area contributed by atoms with Gasteiger partial charge in [0.05, 0.1) is 11.1 Å². The van der Waals surface area contributed by atoms with Crippen LogP contribution in [0.25, 0.3) is 22.0 Å². The number of hydrogen-bond donors (Lipinski definition) is 1. The smallest absolute Gasteiger partial charge is 0.339 e. The van der Waals surface area contributed by atoms with Crippen molar-refractivity contribution in [3.8, 4) is 11.1 Å². The van der Waals surface area contributed by atoms with Crippen molar-refractivity contribution in [2.24, 2.45) is 0 Å². The van der Waals surface area contributed by atoms with E-state index >= 15 is 0 Å². The second kappa shape index (κ2) is 8.79. The van der Waals surface area contributed by atoms with E-state index in [9.17, 15) is 9.59 Å². The molecule has 0 unspecified atom stereocenters. The summed E-state index contributed by atoms with van der Waals surface area (Å²) < 4.78 is 5.50. The van der Waals surface area contributed by atoms with Gasteiger partial charge in [-0.25, -0.2) is 4.79 Å². The largest absolute Gasteiger partial charge is 0.449 e. The van der Waals surface area contributed by atoms with E-state index in [-0.39, 0.29) is 0 Å². The van der Waals surface area contributed by atoms with Crippen LogP contribution in [0.4, 0.5) is 5.69 Å². The maximum Gasteiger partial charge on any atom is 0.339 e. The molecule has 5 nitrogen and oxygen atoms in total. The number of benzene rings is 3. The molecule has 0 aliphatic heterocycles. The van der Waals surface area contributed by atoms with Crippen LogP contribution in [-0.4, -0.2) is 23.0 Å². The molecular formula is C26H22N2O3. The summed E-state index contributed by atoms with van der Waals surface area (Å²) in [6, 6.07) is 26.4. The van der Waals surface area contributed by atoms with Crippen molar-refractivity contribution in [3.05, 3.63) is 96.2 Å². The van der Waals surface area contributed by atoms with E-state index < -0.39 is 18.0 Å². The third kappa shape index (κ3) is 4.46. The quantitative estimate of drug-likeness (QED) is 0.448. The third-order valence-corrected chi connectivity index (χ3v) is 4.99. The Bertz CT molecular complexity index is 1250. The van der Waals surface area contributed by atoms with Gasteiger partial charge < -0.3 is 10.1 Å². The fraction of sp³-hybridized carbons (Fsp3) is 0.115. The predicted molar refractivity (Wildman–Crippen MR) is 122 cm³/mol. The number of fused-ring (bicyclic) bond motifs is 1. The Hall–Kier alpha value is -3.99. The molecule has 4 aromatic rings. The van der Waals surface area contributed by atoms with E-state index in [4.69, 9.17) is 4.74 Å². The van der Waals surface area contributed by atoms with Gasteiger partial charge in [0.1, 0.15) is 0 Å². The standard InChI is InChI=1S/C26H22N2O3/c1-17-16-22(21-13-7-9-15-24(21)27-17)26(30)31-18(2)25(29)28-23-14-8-6-12-20(23)19-10-4-3-5-11-19/h3-16,18H,1-2H3,(H,28,29)/t18-/m1/s1. The van der Waals surface area contributed by atoms with E-state index in [2.05, 4.69) is 10.3 Å². The molecule has 0 bridgehead atoms. The van der Waals surface area contributed by atoms with E-state index in [0.29, 0.717) is 27.8 Å². The number of ether oxygens (including phenoxy) is 1. The molecule has 1 N–H and O–H groups in total. The molecule has 0 saturated carbocycles. The van der Waals surface area contributed by atoms with Crippen LogP contribution < -0.4 is 5.32 Å². The number of hydrogen-bond acceptors (Lipinski definition) is 4. The predicted octanol–water partition coefficient (Wildman–Crippen LogP) is 5.39. The molecule has 31 heavy (non-hydrogen) atoms. The molecule has 0 fully saturated rings. The van der Waals surface area contributed by atoms with E-state index in [1.807, 2.05) is 85.8 Å². The first-order valence-electron chi connectivity index (χ1n) is 10.1. The molecule has 0 aliphatic carbocycles. The monoisotopic (exact) mass is 410 g/mol. The molecule has 1 aromatic heterocycles. The van der Waals surface area contributed by atoms with Gasteiger partial charge in [-0.1, -0.05) is 66.7 Å². The number of carbonyl (C=O) groups is 2. The molecule has 0 saturated heterocycles. The first-order valence-corrected chi connectivity index (χ1v) is 10.1. The number of anilines is 1. The molecular weight excluding hydrogens is 388 g/mol. The normalized spacial score (nSPS) is 11.7. The highest BCUT2D eigenvalue weighted by molar-refractivity contribution is 6.05. The van der Waals surface area contributed by atoms with E-state index in [1.54, 1.807) is 13.0 Å². The lowest BCUT2D eigenvalue weighted by Gasteiger charge is -2.16. The fourth-order valence-corrected chi connectivity index (χ4v) is 3.45. The van der Waals surface area contributed by atoms with Crippen molar-refractivity contribution < 1.29 is 14.3 Å². The number of aryl methyl sites for hydroxylation is 1. The fourth-order valence-electron chi connectivity index (χ4n) is 3.45. The van der Waals surface area contributed by atoms with Crippen molar-refractivity contribution in [3.63, 3.8) is 0 Å². The van der Waals surface area contributed by atoms with Gasteiger partial charge in [0.25, 0.3) is 5.91 Å². The van der Waals surface area contributed by atoms with Crippen LogP contribution >= 0.6 is 0 Å². The zero-order valence-electron chi connectivity index (χ0n) is 17.3. The minimum atomic E-state index is -0.969. The number of rotatable bonds is 5. The highest BCUT2D eigenvalue weighted by atomic mass is 16.5. The summed E-state index contributed by atoms with van der Waals surface area (Å²) in [5.41, 5.74) is 4.36. The topological polar surface area (TPSA) is 68.3 Å². The van der Waals surface area contributed by atoms with Gasteiger partial charge in [-0.2, -0.15) is 0 Å². The molecule has 5 heteroatoms. The van der Waals surface area contributed by atoms with Crippen molar-refractivity contribution in [1.82, 2.24) is 4.98 Å². The summed E-state index contributed by atoms with van der Waals surface area (Å²) in [7, 11) is 0. The number of amides is 1. The molecule has 0 spiro atoms. The van der Waals surface area contributed by atoms with Crippen LogP contribution in [0.15, 0.2) is 84.9 Å². The molecule has 0 radical (unpaired) electrons. The Kier molecular flexibility index (Phi) is 5.76. The van der Waals surface area contributed by atoms with Crippen LogP contribution in [0.1, 0.15) is 23.0 Å². The average Bonchev–Trinajstić information content (AvgIpc) is 2.79. The number of esters is 1. The van der Waals surface area contributed by atoms with Crippen molar-refractivity contribution in [2.75, 3.05) is 5.32 Å². The Morgan fingerprint density at radius 3 is 2.39 bits per heavy atom. The average molecular weight is 410 g/mol. The number of nitrogens with zero attached hydrogens (tertiary/aromatic N) is 1. The first-order chi connectivity index (χ1) is 15.0. The number of nitrogens with one attached hydrogen (secondary N) is 1. The van der Waals surface area contributed by atoms with Gasteiger partial charge in [0, 0.05) is 22.3 Å². The van der Waals surface area contributed by atoms with Gasteiger partial charge >= 0.3 is 5.97 Å². The lowest BCUT2D eigenvalue weighted by molar-refractivity contribution is -0.123. The summed E-state index contributed by atoms with van der Waals surface area (Å²) in [4.78, 5) is 30.1. The number of para-hydroxylation sites is 2. The summed E-state index contributed by atoms with van der Waals surface area (Å²) >= 11 is 0. The molecule has 1 heterocycles. The van der Waals surface area contributed by atoms with Crippen LogP contribution in [0.5, 0.6) is 0 Å². The highest BCUT2D eigenvalue weighted by Crippen LogP contribution is 2.28. The minimum absolute atomic E-state index is 0.396. The lowest BCUT2D eigenvalue weighted by Crippen LogP contribution is -2.30. The lowest BCUT2D eigenvalue weighted by atomic mass is 10.0. The van der Waals surface area contributed by atoms with E-state index in [1.165, 1.54) is 0 Å². The maximum atomic E-state index is 12.8. The van der Waals surface area contributed by atoms with Crippen LogP contribution in [0.3, 0.4) is 0 Å². The first kappa shape index (κ1) is 20.3. The maximum absolute atomic E-state index is 12.8.